The normalized spacial score (nSPS) is 11.2. The number of aryl methyl sites for hydroxylation is 1. The van der Waals surface area contributed by atoms with Crippen LogP contribution in [0.3, 0.4) is 0 Å². The van der Waals surface area contributed by atoms with Crippen LogP contribution in [0, 0.1) is 6.92 Å². The molecule has 1 N–H and O–H groups in total. The van der Waals surface area contributed by atoms with Gasteiger partial charge in [0, 0.05) is 15.8 Å². The minimum atomic E-state index is -1.14. The molecule has 3 aromatic carbocycles. The lowest BCUT2D eigenvalue weighted by Gasteiger charge is -2.16. The van der Waals surface area contributed by atoms with Gasteiger partial charge in [0.25, 0.3) is 0 Å². The van der Waals surface area contributed by atoms with Gasteiger partial charge in [-0.1, -0.05) is 72.3 Å². The number of nitrogens with zero attached hydrogens (tertiary/aromatic N) is 3. The van der Waals surface area contributed by atoms with E-state index in [2.05, 4.69) is 10.1 Å². The molecule has 5 aromatic rings. The third-order valence-corrected chi connectivity index (χ3v) is 5.47. The Labute approximate surface area is 188 Å². The fourth-order valence-corrected chi connectivity index (χ4v) is 4.09. The van der Waals surface area contributed by atoms with Crippen LogP contribution in [-0.4, -0.2) is 25.7 Å². The predicted octanol–water partition coefficient (Wildman–Crippen LogP) is 5.79. The lowest BCUT2D eigenvalue weighted by Crippen LogP contribution is -2.11. The molecule has 0 bridgehead atoms. The molecule has 6 nitrogen and oxygen atoms in total. The number of fused-ring (bicyclic) bond motifs is 3. The van der Waals surface area contributed by atoms with Crippen molar-refractivity contribution in [3.63, 3.8) is 0 Å². The van der Waals surface area contributed by atoms with Crippen LogP contribution in [0.15, 0.2) is 72.8 Å². The molecule has 0 spiro atoms. The van der Waals surface area contributed by atoms with Crippen LogP contribution in [0.2, 0.25) is 5.02 Å². The zero-order valence-electron chi connectivity index (χ0n) is 17.1. The summed E-state index contributed by atoms with van der Waals surface area (Å²) in [5.74, 6) is -0.425. The van der Waals surface area contributed by atoms with Crippen molar-refractivity contribution in [3.05, 3.63) is 94.9 Å². The second-order valence-corrected chi connectivity index (χ2v) is 7.83. The number of aromatic nitrogens is 3. The molecule has 2 heterocycles. The number of aromatic carboxylic acids is 1. The third kappa shape index (κ3) is 3.44. The molecular weight excluding hydrogens is 426 g/mol. The zero-order chi connectivity index (χ0) is 22.2. The molecule has 2 aromatic heterocycles. The number of carboxylic acid groups (broad SMARTS) is 1. The highest BCUT2D eigenvalue weighted by Gasteiger charge is 2.25. The Hall–Kier alpha value is -3.90. The van der Waals surface area contributed by atoms with Crippen molar-refractivity contribution in [2.24, 2.45) is 0 Å². The lowest BCUT2D eigenvalue weighted by molar-refractivity contribution is 0.0682. The van der Waals surface area contributed by atoms with Crippen molar-refractivity contribution in [1.82, 2.24) is 14.6 Å². The van der Waals surface area contributed by atoms with Crippen molar-refractivity contribution in [2.75, 3.05) is 0 Å². The Morgan fingerprint density at radius 2 is 1.84 bits per heavy atom. The second kappa shape index (κ2) is 7.98. The number of rotatable bonds is 5. The molecule has 5 rings (SSSR count). The van der Waals surface area contributed by atoms with Crippen LogP contribution in [-0.2, 0) is 6.61 Å². The van der Waals surface area contributed by atoms with Crippen LogP contribution >= 0.6 is 11.6 Å². The highest BCUT2D eigenvalue weighted by atomic mass is 35.5. The molecule has 0 saturated carbocycles. The monoisotopic (exact) mass is 443 g/mol. The number of halogens is 1. The molecule has 0 atom stereocenters. The first-order chi connectivity index (χ1) is 15.5. The number of hydrogen-bond acceptors (Lipinski definition) is 4. The summed E-state index contributed by atoms with van der Waals surface area (Å²) in [5.41, 5.74) is 3.08. The van der Waals surface area contributed by atoms with Crippen molar-refractivity contribution in [2.45, 2.75) is 13.5 Å². The Kier molecular flexibility index (Phi) is 4.99. The van der Waals surface area contributed by atoms with E-state index in [1.807, 2.05) is 72.8 Å². The fraction of sp³-hybridized carbons (Fsp3) is 0.0800. The molecule has 0 unspecified atom stereocenters. The van der Waals surface area contributed by atoms with Crippen molar-refractivity contribution in [3.8, 4) is 16.9 Å². The third-order valence-electron chi connectivity index (χ3n) is 5.24. The summed E-state index contributed by atoms with van der Waals surface area (Å²) in [4.78, 5) is 16.9. The minimum Gasteiger partial charge on any atom is -0.486 e. The van der Waals surface area contributed by atoms with Crippen LogP contribution in [0.5, 0.6) is 5.75 Å². The summed E-state index contributed by atoms with van der Waals surface area (Å²) in [5, 5.41) is 16.4. The van der Waals surface area contributed by atoms with Crippen molar-refractivity contribution >= 4 is 34.0 Å². The molecule has 158 valence electrons. The van der Waals surface area contributed by atoms with Crippen molar-refractivity contribution < 1.29 is 14.6 Å². The van der Waals surface area contributed by atoms with E-state index in [-0.39, 0.29) is 18.1 Å². The van der Waals surface area contributed by atoms with Crippen LogP contribution in [0.4, 0.5) is 0 Å². The van der Waals surface area contributed by atoms with Gasteiger partial charge in [0.15, 0.2) is 17.1 Å². The first-order valence-electron chi connectivity index (χ1n) is 10.0. The standard InChI is InChI=1S/C25H18ClN3O3/c1-15-27-24-21-19(17-9-5-10-18(26)13-17)11-6-12-20(21)23(22(25(30)31)29(24)28-15)32-14-16-7-3-2-4-8-16/h2-13H,14H2,1H3,(H,30,31). The maximum atomic E-state index is 12.3. The summed E-state index contributed by atoms with van der Waals surface area (Å²) in [7, 11) is 0. The summed E-state index contributed by atoms with van der Waals surface area (Å²) in [6.07, 6.45) is 0. The fourth-order valence-electron chi connectivity index (χ4n) is 3.90. The van der Waals surface area contributed by atoms with E-state index in [0.717, 1.165) is 22.1 Å². The molecule has 0 fully saturated rings. The number of benzene rings is 3. The maximum Gasteiger partial charge on any atom is 0.358 e. The van der Waals surface area contributed by atoms with E-state index in [1.54, 1.807) is 6.92 Å². The van der Waals surface area contributed by atoms with Gasteiger partial charge in [-0.15, -0.1) is 0 Å². The van der Waals surface area contributed by atoms with Crippen LogP contribution in [0.25, 0.3) is 27.5 Å². The molecule has 0 saturated heterocycles. The number of carbonyl (C=O) groups is 1. The summed E-state index contributed by atoms with van der Waals surface area (Å²) in [6, 6.07) is 22.8. The molecule has 7 heteroatoms. The quantitative estimate of drug-likeness (QED) is 0.372. The van der Waals surface area contributed by atoms with Gasteiger partial charge in [-0.2, -0.15) is 5.10 Å². The topological polar surface area (TPSA) is 76.7 Å². The zero-order valence-corrected chi connectivity index (χ0v) is 17.9. The van der Waals surface area contributed by atoms with Gasteiger partial charge in [-0.3, -0.25) is 0 Å². The van der Waals surface area contributed by atoms with Gasteiger partial charge in [-0.05, 0) is 35.7 Å². The number of ether oxygens (including phenoxy) is 1. The molecule has 0 aliphatic rings. The second-order valence-electron chi connectivity index (χ2n) is 7.39. The van der Waals surface area contributed by atoms with E-state index in [1.165, 1.54) is 4.52 Å². The Morgan fingerprint density at radius 1 is 1.06 bits per heavy atom. The van der Waals surface area contributed by atoms with Crippen LogP contribution < -0.4 is 4.74 Å². The van der Waals surface area contributed by atoms with Gasteiger partial charge in [0.2, 0.25) is 0 Å². The molecule has 0 aliphatic carbocycles. The smallest absolute Gasteiger partial charge is 0.358 e. The number of hydrogen-bond donors (Lipinski definition) is 1. The summed E-state index contributed by atoms with van der Waals surface area (Å²) >= 11 is 6.25. The maximum absolute atomic E-state index is 12.3. The Bertz CT molecular complexity index is 1480. The summed E-state index contributed by atoms with van der Waals surface area (Å²) in [6.45, 7) is 1.95. The molecular formula is C25H18ClN3O3. The largest absolute Gasteiger partial charge is 0.486 e. The highest BCUT2D eigenvalue weighted by Crippen LogP contribution is 2.39. The van der Waals surface area contributed by atoms with Gasteiger partial charge in [-0.25, -0.2) is 14.3 Å². The van der Waals surface area contributed by atoms with E-state index in [4.69, 9.17) is 16.3 Å². The summed E-state index contributed by atoms with van der Waals surface area (Å²) < 4.78 is 7.49. The van der Waals surface area contributed by atoms with E-state index < -0.39 is 5.97 Å². The number of carboxylic acids is 1. The van der Waals surface area contributed by atoms with Gasteiger partial charge in [0.1, 0.15) is 12.4 Å². The average molecular weight is 444 g/mol. The molecule has 0 amide bonds. The predicted molar refractivity (Wildman–Crippen MR) is 123 cm³/mol. The van der Waals surface area contributed by atoms with Gasteiger partial charge in [0.05, 0.1) is 0 Å². The minimum absolute atomic E-state index is 0.0627. The highest BCUT2D eigenvalue weighted by molar-refractivity contribution is 6.31. The first kappa shape index (κ1) is 20.0. The van der Waals surface area contributed by atoms with Gasteiger partial charge >= 0.3 is 5.97 Å². The Morgan fingerprint density at radius 3 is 2.59 bits per heavy atom. The van der Waals surface area contributed by atoms with Crippen LogP contribution in [0.1, 0.15) is 21.9 Å². The molecule has 32 heavy (non-hydrogen) atoms. The SMILES string of the molecule is Cc1nc2c3c(-c4cccc(Cl)c4)cccc3c(OCc3ccccc3)c(C(=O)O)n2n1. The van der Waals surface area contributed by atoms with Crippen molar-refractivity contribution in [1.29, 1.82) is 0 Å². The van der Waals surface area contributed by atoms with Gasteiger partial charge < -0.3 is 9.84 Å². The first-order valence-corrected chi connectivity index (χ1v) is 10.4. The number of pyridine rings is 1. The van der Waals surface area contributed by atoms with E-state index in [0.29, 0.717) is 21.9 Å². The Balaban J connectivity index is 1.83. The lowest BCUT2D eigenvalue weighted by atomic mass is 9.98. The van der Waals surface area contributed by atoms with E-state index >= 15 is 0 Å². The van der Waals surface area contributed by atoms with E-state index in [9.17, 15) is 9.90 Å². The molecule has 0 aliphatic heterocycles. The average Bonchev–Trinajstić information content (AvgIpc) is 3.18. The molecule has 0 radical (unpaired) electrons.